The lowest BCUT2D eigenvalue weighted by atomic mass is 10.1. The van der Waals surface area contributed by atoms with Gasteiger partial charge >= 0.3 is 6.03 Å². The Kier molecular flexibility index (Phi) is 7.22. The molecule has 0 saturated heterocycles. The van der Waals surface area contributed by atoms with E-state index >= 15 is 0 Å². The minimum absolute atomic E-state index is 0.00567. The number of amides is 3. The Balaban J connectivity index is 1.46. The summed E-state index contributed by atoms with van der Waals surface area (Å²) in [7, 11) is 0. The largest absolute Gasteiger partial charge is 0.352 e. The van der Waals surface area contributed by atoms with Crippen LogP contribution in [0.1, 0.15) is 28.7 Å². The third-order valence-electron chi connectivity index (χ3n) is 4.71. The van der Waals surface area contributed by atoms with Crippen LogP contribution in [0.4, 0.5) is 16.2 Å². The van der Waals surface area contributed by atoms with E-state index in [-0.39, 0.29) is 11.9 Å². The zero-order valence-corrected chi connectivity index (χ0v) is 17.4. The van der Waals surface area contributed by atoms with Crippen LogP contribution in [0, 0.1) is 13.8 Å². The maximum absolute atomic E-state index is 12.2. The van der Waals surface area contributed by atoms with Crippen LogP contribution in [-0.4, -0.2) is 11.9 Å². The van der Waals surface area contributed by atoms with Crippen molar-refractivity contribution >= 4 is 23.3 Å². The summed E-state index contributed by atoms with van der Waals surface area (Å²) in [6.45, 7) is 4.44. The molecule has 0 aromatic heterocycles. The minimum Gasteiger partial charge on any atom is -0.352 e. The average molecular weight is 402 g/mol. The molecule has 0 bridgehead atoms. The summed E-state index contributed by atoms with van der Waals surface area (Å²) >= 11 is 0. The third kappa shape index (κ3) is 6.78. The number of hydrogen-bond donors (Lipinski definition) is 3. The molecule has 0 aliphatic heterocycles. The second-order valence-corrected chi connectivity index (χ2v) is 7.41. The van der Waals surface area contributed by atoms with E-state index in [1.54, 1.807) is 0 Å². The lowest BCUT2D eigenvalue weighted by Gasteiger charge is -2.10. The quantitative estimate of drug-likeness (QED) is 0.509. The Morgan fingerprint density at radius 1 is 0.733 bits per heavy atom. The van der Waals surface area contributed by atoms with Gasteiger partial charge in [-0.2, -0.15) is 0 Å². The van der Waals surface area contributed by atoms with Crippen molar-refractivity contribution in [1.82, 2.24) is 5.32 Å². The van der Waals surface area contributed by atoms with Gasteiger partial charge in [-0.05, 0) is 61.2 Å². The molecule has 0 fully saturated rings. The van der Waals surface area contributed by atoms with Crippen LogP contribution in [-0.2, 0) is 17.8 Å². The number of nitrogens with one attached hydrogen (secondary N) is 3. The Labute approximate surface area is 177 Å². The van der Waals surface area contributed by atoms with E-state index in [0.29, 0.717) is 25.1 Å². The highest BCUT2D eigenvalue weighted by molar-refractivity contribution is 5.99. The first-order chi connectivity index (χ1) is 14.5. The highest BCUT2D eigenvalue weighted by atomic mass is 16.2. The van der Waals surface area contributed by atoms with Crippen molar-refractivity contribution in [3.8, 4) is 0 Å². The Morgan fingerprint density at radius 2 is 1.40 bits per heavy atom. The first-order valence-electron chi connectivity index (χ1n) is 10.0. The normalized spacial score (nSPS) is 10.3. The Morgan fingerprint density at radius 3 is 2.10 bits per heavy atom. The summed E-state index contributed by atoms with van der Waals surface area (Å²) in [5, 5.41) is 8.58. The van der Waals surface area contributed by atoms with Gasteiger partial charge in [-0.25, -0.2) is 4.79 Å². The fraction of sp³-hybridized carbons (Fsp3) is 0.200. The molecule has 0 aliphatic carbocycles. The molecule has 3 amide bonds. The lowest BCUT2D eigenvalue weighted by Crippen LogP contribution is -2.23. The van der Waals surface area contributed by atoms with Gasteiger partial charge in [0.15, 0.2) is 0 Å². The molecule has 5 heteroatoms. The van der Waals surface area contributed by atoms with Gasteiger partial charge in [0, 0.05) is 24.3 Å². The molecular formula is C25H27N3O2. The van der Waals surface area contributed by atoms with Crippen molar-refractivity contribution in [2.45, 2.75) is 33.2 Å². The van der Waals surface area contributed by atoms with Crippen LogP contribution in [0.15, 0.2) is 72.8 Å². The topological polar surface area (TPSA) is 70.2 Å². The maximum atomic E-state index is 12.2. The van der Waals surface area contributed by atoms with E-state index in [0.717, 1.165) is 22.4 Å². The van der Waals surface area contributed by atoms with Gasteiger partial charge in [-0.15, -0.1) is 0 Å². The van der Waals surface area contributed by atoms with Crippen molar-refractivity contribution in [2.24, 2.45) is 0 Å². The van der Waals surface area contributed by atoms with E-state index in [2.05, 4.69) is 40.2 Å². The second-order valence-electron chi connectivity index (χ2n) is 7.41. The minimum atomic E-state index is -0.306. The molecule has 5 nitrogen and oxygen atoms in total. The highest BCUT2D eigenvalue weighted by Crippen LogP contribution is 2.13. The van der Waals surface area contributed by atoms with Crippen molar-refractivity contribution in [2.75, 3.05) is 10.6 Å². The molecule has 3 aromatic carbocycles. The maximum Gasteiger partial charge on any atom is 0.323 e. The Hall–Kier alpha value is -3.60. The summed E-state index contributed by atoms with van der Waals surface area (Å²) in [5.41, 5.74) is 5.78. The van der Waals surface area contributed by atoms with Crippen LogP contribution in [0.25, 0.3) is 0 Å². The third-order valence-corrected chi connectivity index (χ3v) is 4.71. The number of carbonyl (C=O) groups is 2. The van der Waals surface area contributed by atoms with Crippen LogP contribution in [0.5, 0.6) is 0 Å². The molecule has 154 valence electrons. The monoisotopic (exact) mass is 401 g/mol. The van der Waals surface area contributed by atoms with Gasteiger partial charge in [0.25, 0.3) is 0 Å². The Bertz CT molecular complexity index is 1010. The van der Waals surface area contributed by atoms with Crippen LogP contribution in [0.3, 0.4) is 0 Å². The molecule has 30 heavy (non-hydrogen) atoms. The fourth-order valence-electron chi connectivity index (χ4n) is 3.08. The molecular weight excluding hydrogens is 374 g/mol. The van der Waals surface area contributed by atoms with E-state index in [1.165, 1.54) is 5.56 Å². The molecule has 3 rings (SSSR count). The molecule has 3 aromatic rings. The van der Waals surface area contributed by atoms with Gasteiger partial charge in [-0.3, -0.25) is 4.79 Å². The van der Waals surface area contributed by atoms with Crippen molar-refractivity contribution in [3.63, 3.8) is 0 Å². The summed E-state index contributed by atoms with van der Waals surface area (Å²) in [6, 6.07) is 23.0. The van der Waals surface area contributed by atoms with Crippen LogP contribution >= 0.6 is 0 Å². The van der Waals surface area contributed by atoms with Gasteiger partial charge in [0.05, 0.1) is 0 Å². The zero-order valence-electron chi connectivity index (χ0n) is 17.4. The first kappa shape index (κ1) is 21.1. The van der Waals surface area contributed by atoms with E-state index in [9.17, 15) is 9.59 Å². The highest BCUT2D eigenvalue weighted by Gasteiger charge is 2.06. The van der Waals surface area contributed by atoms with Crippen LogP contribution < -0.4 is 16.0 Å². The number of hydrogen-bond acceptors (Lipinski definition) is 2. The summed E-state index contributed by atoms with van der Waals surface area (Å²) in [4.78, 5) is 24.4. The van der Waals surface area contributed by atoms with Gasteiger partial charge in [0.2, 0.25) is 5.91 Å². The standard InChI is InChI=1S/C25H27N3O2/c1-18-9-11-20(12-10-18)13-14-24(29)26-17-21-6-4-8-23(16-21)28-25(30)27-22-7-3-5-19(2)15-22/h3-12,15-16H,13-14,17H2,1-2H3,(H,26,29)(H2,27,28,30). The van der Waals surface area contributed by atoms with Crippen molar-refractivity contribution in [1.29, 1.82) is 0 Å². The fourth-order valence-corrected chi connectivity index (χ4v) is 3.08. The number of aryl methyl sites for hydroxylation is 3. The number of carbonyl (C=O) groups excluding carboxylic acids is 2. The summed E-state index contributed by atoms with van der Waals surface area (Å²) in [6.07, 6.45) is 1.16. The van der Waals surface area contributed by atoms with E-state index < -0.39 is 0 Å². The number of benzene rings is 3. The lowest BCUT2D eigenvalue weighted by molar-refractivity contribution is -0.121. The molecule has 3 N–H and O–H groups in total. The molecule has 0 saturated carbocycles. The molecule has 0 spiro atoms. The van der Waals surface area contributed by atoms with Gasteiger partial charge < -0.3 is 16.0 Å². The first-order valence-corrected chi connectivity index (χ1v) is 10.0. The number of urea groups is 1. The second kappa shape index (κ2) is 10.3. The molecule has 0 radical (unpaired) electrons. The predicted molar refractivity (Wildman–Crippen MR) is 122 cm³/mol. The summed E-state index contributed by atoms with van der Waals surface area (Å²) in [5.74, 6) is 0.00567. The van der Waals surface area contributed by atoms with Gasteiger partial charge in [-0.1, -0.05) is 54.1 Å². The van der Waals surface area contributed by atoms with E-state index in [4.69, 9.17) is 0 Å². The van der Waals surface area contributed by atoms with Crippen molar-refractivity contribution in [3.05, 3.63) is 95.1 Å². The number of anilines is 2. The van der Waals surface area contributed by atoms with E-state index in [1.807, 2.05) is 62.4 Å². The molecule has 0 unspecified atom stereocenters. The predicted octanol–water partition coefficient (Wildman–Crippen LogP) is 5.20. The van der Waals surface area contributed by atoms with Gasteiger partial charge in [0.1, 0.15) is 0 Å². The zero-order chi connectivity index (χ0) is 21.3. The average Bonchev–Trinajstić information content (AvgIpc) is 2.72. The number of rotatable bonds is 7. The summed E-state index contributed by atoms with van der Waals surface area (Å²) < 4.78 is 0. The molecule has 0 aliphatic rings. The SMILES string of the molecule is Cc1ccc(CCC(=O)NCc2cccc(NC(=O)Nc3cccc(C)c3)c2)cc1. The molecule has 0 heterocycles. The molecule has 0 atom stereocenters. The van der Waals surface area contributed by atoms with Crippen molar-refractivity contribution < 1.29 is 9.59 Å². The van der Waals surface area contributed by atoms with Crippen LogP contribution in [0.2, 0.25) is 0 Å². The smallest absolute Gasteiger partial charge is 0.323 e.